The topological polar surface area (TPSA) is 34.6 Å². The third-order valence-electron chi connectivity index (χ3n) is 4.92. The molecule has 0 bridgehead atoms. The number of rotatable bonds is 4. The zero-order valence-corrected chi connectivity index (χ0v) is 13.7. The van der Waals surface area contributed by atoms with Gasteiger partial charge in [-0.05, 0) is 25.5 Å². The Hall–Kier alpha value is -1.49. The van der Waals surface area contributed by atoms with E-state index in [0.717, 1.165) is 56.9 Å². The van der Waals surface area contributed by atoms with Crippen LogP contribution in [0.4, 0.5) is 0 Å². The molecule has 0 saturated carbocycles. The van der Waals surface area contributed by atoms with Gasteiger partial charge in [0.1, 0.15) is 0 Å². The van der Waals surface area contributed by atoms with Crippen LogP contribution in [0.25, 0.3) is 10.9 Å². The van der Waals surface area contributed by atoms with E-state index in [2.05, 4.69) is 42.2 Å². The zero-order valence-electron chi connectivity index (χ0n) is 13.7. The van der Waals surface area contributed by atoms with Crippen molar-refractivity contribution in [2.75, 3.05) is 26.3 Å². The van der Waals surface area contributed by atoms with Crippen LogP contribution in [0, 0.1) is 0 Å². The number of pyridine rings is 1. The van der Waals surface area contributed by atoms with E-state index in [0.29, 0.717) is 6.10 Å². The molecule has 1 aromatic carbocycles. The van der Waals surface area contributed by atoms with Gasteiger partial charge in [0, 0.05) is 44.7 Å². The molecule has 0 aliphatic carbocycles. The van der Waals surface area contributed by atoms with Crippen LogP contribution in [0.15, 0.2) is 36.4 Å². The van der Waals surface area contributed by atoms with Crippen LogP contribution in [0.2, 0.25) is 0 Å². The third-order valence-corrected chi connectivity index (χ3v) is 4.92. The van der Waals surface area contributed by atoms with E-state index in [9.17, 15) is 0 Å². The van der Waals surface area contributed by atoms with Gasteiger partial charge in [-0.25, -0.2) is 0 Å². The molecule has 3 heterocycles. The number of likely N-dealkylation sites (tertiary alicyclic amines) is 1. The van der Waals surface area contributed by atoms with Crippen LogP contribution in [0.1, 0.15) is 25.5 Å². The van der Waals surface area contributed by atoms with Crippen molar-refractivity contribution in [3.05, 3.63) is 42.1 Å². The fourth-order valence-corrected chi connectivity index (χ4v) is 3.89. The van der Waals surface area contributed by atoms with Crippen molar-refractivity contribution in [3.8, 4) is 0 Å². The molecule has 2 aromatic rings. The summed E-state index contributed by atoms with van der Waals surface area (Å²) < 4.78 is 11.9. The monoisotopic (exact) mass is 312 g/mol. The Bertz CT molecular complexity index is 680. The van der Waals surface area contributed by atoms with Gasteiger partial charge in [0.15, 0.2) is 0 Å². The molecule has 0 amide bonds. The van der Waals surface area contributed by atoms with Gasteiger partial charge in [0.25, 0.3) is 0 Å². The highest BCUT2D eigenvalue weighted by Gasteiger charge is 2.47. The van der Waals surface area contributed by atoms with E-state index >= 15 is 0 Å². The van der Waals surface area contributed by atoms with E-state index < -0.39 is 0 Å². The molecule has 2 fully saturated rings. The largest absolute Gasteiger partial charge is 0.378 e. The van der Waals surface area contributed by atoms with Crippen molar-refractivity contribution in [1.29, 1.82) is 0 Å². The second-order valence-electron chi connectivity index (χ2n) is 6.74. The molecule has 0 N–H and O–H groups in total. The molecule has 2 aliphatic heterocycles. The molecular weight excluding hydrogens is 288 g/mol. The summed E-state index contributed by atoms with van der Waals surface area (Å²) in [4.78, 5) is 7.19. The number of nitrogens with zero attached hydrogens (tertiary/aromatic N) is 2. The Kier molecular flexibility index (Phi) is 4.05. The zero-order chi connectivity index (χ0) is 15.7. The molecule has 0 radical (unpaired) electrons. The number of para-hydroxylation sites is 1. The second-order valence-corrected chi connectivity index (χ2v) is 6.74. The number of hydrogen-bond acceptors (Lipinski definition) is 4. The lowest BCUT2D eigenvalue weighted by Crippen LogP contribution is -2.65. The lowest BCUT2D eigenvalue weighted by atomic mass is 9.84. The highest BCUT2D eigenvalue weighted by atomic mass is 16.5. The maximum Gasteiger partial charge on any atom is 0.0959 e. The van der Waals surface area contributed by atoms with E-state index in [4.69, 9.17) is 14.5 Å². The van der Waals surface area contributed by atoms with Crippen molar-refractivity contribution in [2.24, 2.45) is 0 Å². The van der Waals surface area contributed by atoms with Crippen LogP contribution in [-0.4, -0.2) is 47.9 Å². The normalized spacial score (nSPS) is 24.0. The lowest BCUT2D eigenvalue weighted by molar-refractivity contribution is -0.198. The number of hydrogen-bond donors (Lipinski definition) is 0. The summed E-state index contributed by atoms with van der Waals surface area (Å²) >= 11 is 0. The second kappa shape index (κ2) is 6.19. The van der Waals surface area contributed by atoms with Gasteiger partial charge in [0.05, 0.1) is 22.9 Å². The third kappa shape index (κ3) is 3.11. The molecule has 4 rings (SSSR count). The fraction of sp³-hybridized carbons (Fsp3) is 0.526. The van der Waals surface area contributed by atoms with Crippen LogP contribution in [0.3, 0.4) is 0 Å². The molecular formula is C19H24N2O2. The Balaban J connectivity index is 1.38. The summed E-state index contributed by atoms with van der Waals surface area (Å²) in [5.41, 5.74) is 2.23. The first-order valence-corrected chi connectivity index (χ1v) is 8.59. The number of aromatic nitrogens is 1. The minimum Gasteiger partial charge on any atom is -0.378 e. The molecule has 23 heavy (non-hydrogen) atoms. The Morgan fingerprint density at radius 1 is 1.26 bits per heavy atom. The summed E-state index contributed by atoms with van der Waals surface area (Å²) in [5, 5.41) is 1.20. The summed E-state index contributed by atoms with van der Waals surface area (Å²) in [6.45, 7) is 6.57. The van der Waals surface area contributed by atoms with Gasteiger partial charge >= 0.3 is 0 Å². The molecule has 4 nitrogen and oxygen atoms in total. The lowest BCUT2D eigenvalue weighted by Gasteiger charge is -2.53. The first-order chi connectivity index (χ1) is 11.3. The molecule has 1 atom stereocenters. The molecule has 2 saturated heterocycles. The summed E-state index contributed by atoms with van der Waals surface area (Å²) in [5.74, 6) is 0. The molecule has 122 valence electrons. The van der Waals surface area contributed by atoms with Crippen molar-refractivity contribution in [3.63, 3.8) is 0 Å². The maximum absolute atomic E-state index is 6.07. The van der Waals surface area contributed by atoms with Crippen LogP contribution in [0.5, 0.6) is 0 Å². The average molecular weight is 312 g/mol. The average Bonchev–Trinajstić information content (AvgIpc) is 2.54. The highest BCUT2D eigenvalue weighted by Crippen LogP contribution is 2.36. The SMILES string of the molecule is CCO[C@H]1CCOC2(C1)CN(Cc1ccc3ccccc3n1)C2. The molecule has 2 aliphatic rings. The predicted molar refractivity (Wildman–Crippen MR) is 90.4 cm³/mol. The smallest absolute Gasteiger partial charge is 0.0959 e. The highest BCUT2D eigenvalue weighted by molar-refractivity contribution is 5.78. The van der Waals surface area contributed by atoms with Gasteiger partial charge in [-0.15, -0.1) is 0 Å². The van der Waals surface area contributed by atoms with Crippen LogP contribution in [-0.2, 0) is 16.0 Å². The molecule has 4 heteroatoms. The predicted octanol–water partition coefficient (Wildman–Crippen LogP) is 3.00. The van der Waals surface area contributed by atoms with Gasteiger partial charge in [-0.2, -0.15) is 0 Å². The van der Waals surface area contributed by atoms with Gasteiger partial charge < -0.3 is 9.47 Å². The Labute approximate surface area is 137 Å². The van der Waals surface area contributed by atoms with Crippen LogP contribution >= 0.6 is 0 Å². The van der Waals surface area contributed by atoms with E-state index in [1.807, 2.05) is 6.07 Å². The minimum atomic E-state index is 0.0228. The summed E-state index contributed by atoms with van der Waals surface area (Å²) in [6.07, 6.45) is 2.43. The standard InChI is InChI=1S/C19H24N2O2/c1-2-22-17-9-10-23-19(11-17)13-21(14-19)12-16-8-7-15-5-3-4-6-18(15)20-16/h3-8,17H,2,9-14H2,1H3/t17-/m0/s1. The number of benzene rings is 1. The van der Waals surface area contributed by atoms with Crippen molar-refractivity contribution in [1.82, 2.24) is 9.88 Å². The molecule has 1 spiro atoms. The maximum atomic E-state index is 6.07. The van der Waals surface area contributed by atoms with Crippen molar-refractivity contribution in [2.45, 2.75) is 38.0 Å². The fourth-order valence-electron chi connectivity index (χ4n) is 3.89. The first kappa shape index (κ1) is 15.1. The van der Waals surface area contributed by atoms with E-state index in [-0.39, 0.29) is 5.60 Å². The number of fused-ring (bicyclic) bond motifs is 1. The Morgan fingerprint density at radius 2 is 2.13 bits per heavy atom. The Morgan fingerprint density at radius 3 is 3.00 bits per heavy atom. The van der Waals surface area contributed by atoms with Gasteiger partial charge in [-0.3, -0.25) is 9.88 Å². The van der Waals surface area contributed by atoms with E-state index in [1.165, 1.54) is 5.39 Å². The van der Waals surface area contributed by atoms with Gasteiger partial charge in [0.2, 0.25) is 0 Å². The first-order valence-electron chi connectivity index (χ1n) is 8.59. The number of ether oxygens (including phenoxy) is 2. The summed E-state index contributed by atoms with van der Waals surface area (Å²) in [7, 11) is 0. The van der Waals surface area contributed by atoms with Crippen molar-refractivity contribution >= 4 is 10.9 Å². The van der Waals surface area contributed by atoms with E-state index in [1.54, 1.807) is 0 Å². The van der Waals surface area contributed by atoms with Gasteiger partial charge in [-0.1, -0.05) is 24.3 Å². The van der Waals surface area contributed by atoms with Crippen molar-refractivity contribution < 1.29 is 9.47 Å². The minimum absolute atomic E-state index is 0.0228. The quantitative estimate of drug-likeness (QED) is 0.869. The molecule has 0 unspecified atom stereocenters. The van der Waals surface area contributed by atoms with Crippen LogP contribution < -0.4 is 0 Å². The molecule has 1 aromatic heterocycles. The summed E-state index contributed by atoms with van der Waals surface area (Å²) in [6, 6.07) is 12.6.